The van der Waals surface area contributed by atoms with Crippen LogP contribution >= 0.6 is 0 Å². The highest BCUT2D eigenvalue weighted by Crippen LogP contribution is 2.21. The normalized spacial score (nSPS) is 10.9. The minimum Gasteiger partial charge on any atom is -0.298 e. The number of hydrogen-bond donors (Lipinski definition) is 0. The first-order chi connectivity index (χ1) is 8.61. The molecule has 2 heterocycles. The SMILES string of the molecule is Cc1nccnc1-c1nn(CC(C)C)cc1C=O. The molecule has 2 rings (SSSR count). The molecule has 2 aromatic heterocycles. The molecule has 5 heteroatoms. The third-order valence-electron chi connectivity index (χ3n) is 2.57. The molecule has 0 aliphatic heterocycles. The molecular weight excluding hydrogens is 228 g/mol. The van der Waals surface area contributed by atoms with Crippen molar-refractivity contribution in [3.8, 4) is 11.4 Å². The van der Waals surface area contributed by atoms with E-state index < -0.39 is 0 Å². The standard InChI is InChI=1S/C13H16N4O/c1-9(2)6-17-7-11(8-18)13(16-17)12-10(3)14-4-5-15-12/h4-5,7-9H,6H2,1-3H3. The average molecular weight is 244 g/mol. The molecule has 2 aromatic rings. The van der Waals surface area contributed by atoms with E-state index in [1.54, 1.807) is 23.3 Å². The van der Waals surface area contributed by atoms with Crippen LogP contribution in [0.25, 0.3) is 11.4 Å². The summed E-state index contributed by atoms with van der Waals surface area (Å²) in [6.07, 6.45) is 5.81. The Morgan fingerprint density at radius 3 is 2.61 bits per heavy atom. The van der Waals surface area contributed by atoms with Crippen molar-refractivity contribution in [1.82, 2.24) is 19.7 Å². The summed E-state index contributed by atoms with van der Waals surface area (Å²) in [7, 11) is 0. The zero-order chi connectivity index (χ0) is 13.1. The van der Waals surface area contributed by atoms with Crippen LogP contribution in [0.1, 0.15) is 29.9 Å². The van der Waals surface area contributed by atoms with Gasteiger partial charge in [0.05, 0.1) is 11.3 Å². The summed E-state index contributed by atoms with van der Waals surface area (Å²) in [4.78, 5) is 19.5. The Labute approximate surface area is 106 Å². The Bertz CT molecular complexity index is 560. The van der Waals surface area contributed by atoms with Gasteiger partial charge in [-0.05, 0) is 12.8 Å². The molecule has 0 atom stereocenters. The van der Waals surface area contributed by atoms with Gasteiger partial charge in [0.25, 0.3) is 0 Å². The maximum atomic E-state index is 11.1. The summed E-state index contributed by atoms with van der Waals surface area (Å²) in [5.74, 6) is 0.472. The number of carbonyl (C=O) groups is 1. The summed E-state index contributed by atoms with van der Waals surface area (Å²) in [5, 5.41) is 4.44. The summed E-state index contributed by atoms with van der Waals surface area (Å²) in [5.41, 5.74) is 2.60. The lowest BCUT2D eigenvalue weighted by atomic mass is 10.2. The third-order valence-corrected chi connectivity index (χ3v) is 2.57. The largest absolute Gasteiger partial charge is 0.298 e. The number of nitrogens with zero attached hydrogens (tertiary/aromatic N) is 4. The molecular formula is C13H16N4O. The van der Waals surface area contributed by atoms with Gasteiger partial charge in [0, 0.05) is 25.1 Å². The van der Waals surface area contributed by atoms with Crippen molar-refractivity contribution in [1.29, 1.82) is 0 Å². The lowest BCUT2D eigenvalue weighted by molar-refractivity contribution is 0.112. The molecule has 0 aromatic carbocycles. The van der Waals surface area contributed by atoms with Gasteiger partial charge in [-0.1, -0.05) is 13.8 Å². The second-order valence-corrected chi connectivity index (χ2v) is 4.66. The number of aryl methyl sites for hydroxylation is 1. The summed E-state index contributed by atoms with van der Waals surface area (Å²) < 4.78 is 1.79. The predicted molar refractivity (Wildman–Crippen MR) is 68.2 cm³/mol. The van der Waals surface area contributed by atoms with Gasteiger partial charge in [0.2, 0.25) is 0 Å². The van der Waals surface area contributed by atoms with E-state index in [-0.39, 0.29) is 0 Å². The molecule has 0 radical (unpaired) electrons. The molecule has 5 nitrogen and oxygen atoms in total. The van der Waals surface area contributed by atoms with Gasteiger partial charge in [0.15, 0.2) is 6.29 Å². The van der Waals surface area contributed by atoms with E-state index in [4.69, 9.17) is 0 Å². The summed E-state index contributed by atoms with van der Waals surface area (Å²) in [6, 6.07) is 0. The van der Waals surface area contributed by atoms with Gasteiger partial charge in [-0.15, -0.1) is 0 Å². The molecule has 0 saturated heterocycles. The minimum atomic E-state index is 0.472. The van der Waals surface area contributed by atoms with E-state index in [1.165, 1.54) is 0 Å². The van der Waals surface area contributed by atoms with Crippen molar-refractivity contribution in [2.45, 2.75) is 27.3 Å². The lowest BCUT2D eigenvalue weighted by Crippen LogP contribution is -2.05. The van der Waals surface area contributed by atoms with Gasteiger partial charge >= 0.3 is 0 Å². The van der Waals surface area contributed by atoms with Crippen molar-refractivity contribution in [3.05, 3.63) is 29.8 Å². The van der Waals surface area contributed by atoms with E-state index in [0.29, 0.717) is 22.9 Å². The number of hydrogen-bond acceptors (Lipinski definition) is 4. The highest BCUT2D eigenvalue weighted by molar-refractivity contribution is 5.84. The molecule has 0 fully saturated rings. The Balaban J connectivity index is 2.47. The van der Waals surface area contributed by atoms with Crippen LogP contribution in [0.15, 0.2) is 18.6 Å². The monoisotopic (exact) mass is 244 g/mol. The molecule has 0 aliphatic rings. The zero-order valence-electron chi connectivity index (χ0n) is 10.8. The summed E-state index contributed by atoms with van der Waals surface area (Å²) >= 11 is 0. The number of rotatable bonds is 4. The smallest absolute Gasteiger partial charge is 0.153 e. The maximum Gasteiger partial charge on any atom is 0.153 e. The summed E-state index contributed by atoms with van der Waals surface area (Å²) in [6.45, 7) is 6.85. The van der Waals surface area contributed by atoms with Crippen LogP contribution in [0.4, 0.5) is 0 Å². The molecule has 0 amide bonds. The molecule has 0 N–H and O–H groups in total. The lowest BCUT2D eigenvalue weighted by Gasteiger charge is -2.04. The van der Waals surface area contributed by atoms with Crippen LogP contribution in [0, 0.1) is 12.8 Å². The molecule has 0 unspecified atom stereocenters. The van der Waals surface area contributed by atoms with Crippen LogP contribution in [0.2, 0.25) is 0 Å². The highest BCUT2D eigenvalue weighted by atomic mass is 16.1. The highest BCUT2D eigenvalue weighted by Gasteiger charge is 2.14. The van der Waals surface area contributed by atoms with Crippen LogP contribution in [-0.4, -0.2) is 26.0 Å². The molecule has 94 valence electrons. The van der Waals surface area contributed by atoms with Gasteiger partial charge in [-0.25, -0.2) is 0 Å². The van der Waals surface area contributed by atoms with Crippen LogP contribution in [-0.2, 0) is 6.54 Å². The van der Waals surface area contributed by atoms with E-state index in [2.05, 4.69) is 28.9 Å². The maximum absolute atomic E-state index is 11.1. The first-order valence-corrected chi connectivity index (χ1v) is 5.92. The van der Waals surface area contributed by atoms with Crippen LogP contribution in [0.5, 0.6) is 0 Å². The van der Waals surface area contributed by atoms with E-state index in [9.17, 15) is 4.79 Å². The van der Waals surface area contributed by atoms with Crippen molar-refractivity contribution in [3.63, 3.8) is 0 Å². The van der Waals surface area contributed by atoms with E-state index in [0.717, 1.165) is 18.5 Å². The van der Waals surface area contributed by atoms with E-state index in [1.807, 2.05) is 6.92 Å². The second kappa shape index (κ2) is 5.08. The molecule has 0 bridgehead atoms. The third kappa shape index (κ3) is 2.45. The second-order valence-electron chi connectivity index (χ2n) is 4.66. The first kappa shape index (κ1) is 12.4. The predicted octanol–water partition coefficient (Wildman–Crippen LogP) is 2.12. The van der Waals surface area contributed by atoms with E-state index >= 15 is 0 Å². The molecule has 18 heavy (non-hydrogen) atoms. The number of aromatic nitrogens is 4. The van der Waals surface area contributed by atoms with Crippen molar-refractivity contribution in [2.24, 2.45) is 5.92 Å². The van der Waals surface area contributed by atoms with Crippen LogP contribution < -0.4 is 0 Å². The Hall–Kier alpha value is -2.04. The zero-order valence-corrected chi connectivity index (χ0v) is 10.8. The topological polar surface area (TPSA) is 60.7 Å². The van der Waals surface area contributed by atoms with Crippen LogP contribution in [0.3, 0.4) is 0 Å². The van der Waals surface area contributed by atoms with Gasteiger partial charge in [0.1, 0.15) is 11.4 Å². The van der Waals surface area contributed by atoms with Crippen molar-refractivity contribution < 1.29 is 4.79 Å². The number of carbonyl (C=O) groups excluding carboxylic acids is 1. The fourth-order valence-corrected chi connectivity index (χ4v) is 1.81. The van der Waals surface area contributed by atoms with Crippen molar-refractivity contribution in [2.75, 3.05) is 0 Å². The van der Waals surface area contributed by atoms with Crippen molar-refractivity contribution >= 4 is 6.29 Å². The minimum absolute atomic E-state index is 0.472. The van der Waals surface area contributed by atoms with Gasteiger partial charge < -0.3 is 0 Å². The molecule has 0 aliphatic carbocycles. The quantitative estimate of drug-likeness (QED) is 0.773. The van der Waals surface area contributed by atoms with Gasteiger partial charge in [-0.2, -0.15) is 5.10 Å². The Kier molecular flexibility index (Phi) is 3.50. The van der Waals surface area contributed by atoms with Gasteiger partial charge in [-0.3, -0.25) is 19.4 Å². The first-order valence-electron chi connectivity index (χ1n) is 5.92. The molecule has 0 spiro atoms. The fraction of sp³-hybridized carbons (Fsp3) is 0.385. The Morgan fingerprint density at radius 2 is 2.00 bits per heavy atom. The fourth-order valence-electron chi connectivity index (χ4n) is 1.81. The Morgan fingerprint density at radius 1 is 1.28 bits per heavy atom. The average Bonchev–Trinajstić information content (AvgIpc) is 2.71. The molecule has 0 saturated carbocycles. The number of aldehydes is 1.